The third-order valence-electron chi connectivity index (χ3n) is 4.79. The molecule has 2 saturated heterocycles. The number of likely N-dealkylation sites (tertiary alicyclic amines) is 1. The van der Waals surface area contributed by atoms with Gasteiger partial charge in [0.2, 0.25) is 0 Å². The van der Waals surface area contributed by atoms with Crippen LogP contribution in [0.25, 0.3) is 0 Å². The summed E-state index contributed by atoms with van der Waals surface area (Å²) in [5.74, 6) is 0.0128. The molecule has 0 radical (unpaired) electrons. The summed E-state index contributed by atoms with van der Waals surface area (Å²) < 4.78 is 12.0. The number of carbonyl (C=O) groups excluding carboxylic acids is 1. The number of ether oxygens (including phenoxy) is 2. The molecule has 2 aromatic rings. The highest BCUT2D eigenvalue weighted by Gasteiger charge is 2.49. The molecular weight excluding hydrogens is 318 g/mol. The average molecular weight is 339 g/mol. The first-order chi connectivity index (χ1) is 12.2. The van der Waals surface area contributed by atoms with E-state index in [2.05, 4.69) is 9.97 Å². The van der Waals surface area contributed by atoms with E-state index in [1.54, 1.807) is 30.7 Å². The van der Waals surface area contributed by atoms with E-state index in [1.807, 2.05) is 23.1 Å². The van der Waals surface area contributed by atoms with Gasteiger partial charge in [-0.25, -0.2) is 0 Å². The first-order valence-electron chi connectivity index (χ1n) is 8.59. The average Bonchev–Trinajstić information content (AvgIpc) is 2.65. The van der Waals surface area contributed by atoms with Crippen molar-refractivity contribution in [2.75, 3.05) is 19.7 Å². The van der Waals surface area contributed by atoms with Crippen LogP contribution >= 0.6 is 0 Å². The molecule has 0 unspecified atom stereocenters. The number of rotatable bonds is 4. The van der Waals surface area contributed by atoms with E-state index in [0.717, 1.165) is 18.5 Å². The predicted octanol–water partition coefficient (Wildman–Crippen LogP) is 2.07. The summed E-state index contributed by atoms with van der Waals surface area (Å²) in [4.78, 5) is 22.6. The van der Waals surface area contributed by atoms with Crippen LogP contribution in [0.15, 0.2) is 48.9 Å². The maximum Gasteiger partial charge on any atom is 0.255 e. The lowest BCUT2D eigenvalue weighted by Crippen LogP contribution is -2.67. The van der Waals surface area contributed by atoms with Crippen LogP contribution in [0.4, 0.5) is 0 Å². The highest BCUT2D eigenvalue weighted by molar-refractivity contribution is 5.94. The summed E-state index contributed by atoms with van der Waals surface area (Å²) in [6.45, 7) is 2.41. The van der Waals surface area contributed by atoms with Gasteiger partial charge in [-0.15, -0.1) is 0 Å². The van der Waals surface area contributed by atoms with Crippen molar-refractivity contribution in [2.24, 2.45) is 0 Å². The maximum atomic E-state index is 12.4. The van der Waals surface area contributed by atoms with Crippen molar-refractivity contribution in [1.29, 1.82) is 0 Å². The molecule has 4 rings (SSSR count). The Morgan fingerprint density at radius 1 is 1.28 bits per heavy atom. The minimum Gasteiger partial charge on any atom is -0.372 e. The zero-order chi connectivity index (χ0) is 17.1. The molecule has 6 nitrogen and oxygen atoms in total. The van der Waals surface area contributed by atoms with Gasteiger partial charge in [0.15, 0.2) is 0 Å². The fourth-order valence-corrected chi connectivity index (χ4v) is 3.50. The Balaban J connectivity index is 1.31. The first kappa shape index (κ1) is 16.2. The Kier molecular flexibility index (Phi) is 4.46. The molecular formula is C19H21N3O3. The summed E-state index contributed by atoms with van der Waals surface area (Å²) in [6.07, 6.45) is 6.89. The normalized spacial score (nSPS) is 21.8. The van der Waals surface area contributed by atoms with Crippen LogP contribution in [-0.4, -0.2) is 52.2 Å². The van der Waals surface area contributed by atoms with Gasteiger partial charge in [0.05, 0.1) is 37.1 Å². The molecule has 6 heteroatoms. The second-order valence-electron chi connectivity index (χ2n) is 6.68. The summed E-state index contributed by atoms with van der Waals surface area (Å²) in [6, 6.07) is 9.40. The molecule has 2 fully saturated rings. The summed E-state index contributed by atoms with van der Waals surface area (Å²) in [7, 11) is 0. The van der Waals surface area contributed by atoms with E-state index in [1.165, 1.54) is 0 Å². The maximum absolute atomic E-state index is 12.4. The van der Waals surface area contributed by atoms with Crippen molar-refractivity contribution in [3.63, 3.8) is 0 Å². The molecule has 25 heavy (non-hydrogen) atoms. The third-order valence-corrected chi connectivity index (χ3v) is 4.79. The van der Waals surface area contributed by atoms with Crippen LogP contribution in [0.1, 0.15) is 28.9 Å². The fourth-order valence-electron chi connectivity index (χ4n) is 3.50. The molecule has 2 aliphatic rings. The zero-order valence-corrected chi connectivity index (χ0v) is 14.0. The van der Waals surface area contributed by atoms with Gasteiger partial charge in [0.1, 0.15) is 5.60 Å². The summed E-state index contributed by atoms with van der Waals surface area (Å²) in [5, 5.41) is 0. The number of hydrogen-bond acceptors (Lipinski definition) is 5. The molecule has 0 aromatic carbocycles. The van der Waals surface area contributed by atoms with Gasteiger partial charge in [-0.05, 0) is 30.7 Å². The van der Waals surface area contributed by atoms with Crippen molar-refractivity contribution in [2.45, 2.75) is 31.2 Å². The highest BCUT2D eigenvalue weighted by atomic mass is 16.5. The molecule has 0 bridgehead atoms. The predicted molar refractivity (Wildman–Crippen MR) is 90.9 cm³/mol. The minimum absolute atomic E-state index is 0.0128. The Morgan fingerprint density at radius 2 is 2.20 bits per heavy atom. The van der Waals surface area contributed by atoms with Crippen LogP contribution in [0.5, 0.6) is 0 Å². The summed E-state index contributed by atoms with van der Waals surface area (Å²) in [5.41, 5.74) is 1.30. The number of hydrogen-bond donors (Lipinski definition) is 0. The highest BCUT2D eigenvalue weighted by Crippen LogP contribution is 2.36. The van der Waals surface area contributed by atoms with Crippen LogP contribution in [0, 0.1) is 0 Å². The van der Waals surface area contributed by atoms with Crippen molar-refractivity contribution < 1.29 is 14.3 Å². The number of aromatic nitrogens is 2. The van der Waals surface area contributed by atoms with E-state index >= 15 is 0 Å². The Hall–Kier alpha value is -2.31. The lowest BCUT2D eigenvalue weighted by Gasteiger charge is -2.53. The van der Waals surface area contributed by atoms with Crippen LogP contribution in [0.2, 0.25) is 0 Å². The fraction of sp³-hybridized carbons (Fsp3) is 0.421. The lowest BCUT2D eigenvalue weighted by molar-refractivity contribution is -0.188. The van der Waals surface area contributed by atoms with Crippen molar-refractivity contribution in [1.82, 2.24) is 14.9 Å². The van der Waals surface area contributed by atoms with Crippen LogP contribution in [0.3, 0.4) is 0 Å². The number of amides is 1. The summed E-state index contributed by atoms with van der Waals surface area (Å²) >= 11 is 0. The minimum atomic E-state index is -0.259. The largest absolute Gasteiger partial charge is 0.372 e. The molecule has 0 aliphatic carbocycles. The third kappa shape index (κ3) is 3.55. The van der Waals surface area contributed by atoms with Crippen LogP contribution in [-0.2, 0) is 16.1 Å². The Bertz CT molecular complexity index is 717. The Labute approximate surface area is 146 Å². The topological polar surface area (TPSA) is 64.6 Å². The van der Waals surface area contributed by atoms with Crippen molar-refractivity contribution in [3.05, 3.63) is 60.2 Å². The number of carbonyl (C=O) groups is 1. The van der Waals surface area contributed by atoms with Crippen molar-refractivity contribution in [3.8, 4) is 0 Å². The van der Waals surface area contributed by atoms with Gasteiger partial charge in [-0.3, -0.25) is 14.8 Å². The van der Waals surface area contributed by atoms with Gasteiger partial charge in [0, 0.05) is 31.6 Å². The van der Waals surface area contributed by atoms with E-state index in [0.29, 0.717) is 31.9 Å². The van der Waals surface area contributed by atoms with Crippen LogP contribution < -0.4 is 0 Å². The number of pyridine rings is 2. The monoisotopic (exact) mass is 339 g/mol. The van der Waals surface area contributed by atoms with Gasteiger partial charge in [-0.2, -0.15) is 0 Å². The smallest absolute Gasteiger partial charge is 0.255 e. The van der Waals surface area contributed by atoms with E-state index in [9.17, 15) is 4.79 Å². The molecule has 0 saturated carbocycles. The van der Waals surface area contributed by atoms with Gasteiger partial charge in [0.25, 0.3) is 5.91 Å². The van der Waals surface area contributed by atoms with Gasteiger partial charge in [-0.1, -0.05) is 6.07 Å². The Morgan fingerprint density at radius 3 is 2.96 bits per heavy atom. The first-order valence-corrected chi connectivity index (χ1v) is 8.59. The second kappa shape index (κ2) is 6.90. The molecule has 4 heterocycles. The SMILES string of the molecule is O=C(c1cccnc1)N1CC2(C[C@@H](OCc3ccccn3)CCO2)C1. The van der Waals surface area contributed by atoms with Gasteiger partial charge >= 0.3 is 0 Å². The molecule has 2 aromatic heterocycles. The van der Waals surface area contributed by atoms with E-state index in [-0.39, 0.29) is 17.6 Å². The lowest BCUT2D eigenvalue weighted by atomic mass is 9.84. The van der Waals surface area contributed by atoms with E-state index < -0.39 is 0 Å². The zero-order valence-electron chi connectivity index (χ0n) is 14.0. The quantitative estimate of drug-likeness (QED) is 0.853. The van der Waals surface area contributed by atoms with E-state index in [4.69, 9.17) is 9.47 Å². The number of nitrogens with zero attached hydrogens (tertiary/aromatic N) is 3. The molecule has 130 valence electrons. The molecule has 1 atom stereocenters. The molecule has 1 amide bonds. The van der Waals surface area contributed by atoms with Gasteiger partial charge < -0.3 is 14.4 Å². The molecule has 0 N–H and O–H groups in total. The van der Waals surface area contributed by atoms with Crippen molar-refractivity contribution >= 4 is 5.91 Å². The molecule has 2 aliphatic heterocycles. The second-order valence-corrected chi connectivity index (χ2v) is 6.68. The standard InChI is InChI=1S/C19H21N3O3/c23-18(15-4-3-7-20-11-15)22-13-19(14-22)10-17(6-9-25-19)24-12-16-5-1-2-8-21-16/h1-5,7-8,11,17H,6,9-10,12-14H2/t17-/m0/s1. The molecule has 1 spiro atoms.